The van der Waals surface area contributed by atoms with Crippen LogP contribution < -0.4 is 10.1 Å². The third kappa shape index (κ3) is 5.04. The predicted molar refractivity (Wildman–Crippen MR) is 73.7 cm³/mol. The number of hydrogen-bond acceptors (Lipinski definition) is 2. The summed E-state index contributed by atoms with van der Waals surface area (Å²) < 4.78 is 5.04. The van der Waals surface area contributed by atoms with E-state index in [9.17, 15) is 4.79 Å². The van der Waals surface area contributed by atoms with E-state index in [0.717, 1.165) is 12.2 Å². The molecule has 1 aromatic rings. The zero-order chi connectivity index (χ0) is 13.2. The van der Waals surface area contributed by atoms with Crippen LogP contribution in [0, 0.1) is 0 Å². The van der Waals surface area contributed by atoms with Crippen LogP contribution >= 0.6 is 0 Å². The van der Waals surface area contributed by atoms with Crippen molar-refractivity contribution in [2.24, 2.45) is 0 Å². The lowest BCUT2D eigenvalue weighted by Crippen LogP contribution is -2.16. The molecule has 0 spiro atoms. The third-order valence-electron chi connectivity index (χ3n) is 2.66. The van der Waals surface area contributed by atoms with E-state index in [1.165, 1.54) is 19.3 Å². The van der Waals surface area contributed by atoms with Crippen molar-refractivity contribution < 1.29 is 9.53 Å². The quantitative estimate of drug-likeness (QED) is 0.749. The van der Waals surface area contributed by atoms with Crippen LogP contribution in [0.25, 0.3) is 0 Å². The smallest absolute Gasteiger partial charge is 0.255 e. The Hall–Kier alpha value is -1.77. The molecule has 1 amide bonds. The first-order chi connectivity index (χ1) is 8.77. The Morgan fingerprint density at radius 1 is 1.28 bits per heavy atom. The molecule has 0 aliphatic carbocycles. The Labute approximate surface area is 109 Å². The number of unbranched alkanes of at least 4 members (excludes halogenated alkanes) is 3. The minimum Gasteiger partial charge on any atom is -0.497 e. The van der Waals surface area contributed by atoms with E-state index in [2.05, 4.69) is 12.2 Å². The maximum atomic E-state index is 11.7. The molecule has 0 aliphatic rings. The summed E-state index contributed by atoms with van der Waals surface area (Å²) in [5.41, 5.74) is 0.633. The maximum Gasteiger partial charge on any atom is 0.255 e. The standard InChI is InChI=1S/C15H21NO2/c1-3-4-5-6-7-12-16-15(17)13-8-10-14(18-2)11-9-13/h7-12H,3-6H2,1-2H3,(H,16,17)/b12-7+. The van der Waals surface area contributed by atoms with Gasteiger partial charge in [0.25, 0.3) is 5.91 Å². The molecular weight excluding hydrogens is 226 g/mol. The number of carbonyl (C=O) groups excluding carboxylic acids is 1. The fourth-order valence-electron chi connectivity index (χ4n) is 1.56. The summed E-state index contributed by atoms with van der Waals surface area (Å²) in [5, 5.41) is 2.75. The van der Waals surface area contributed by atoms with E-state index in [1.54, 1.807) is 37.6 Å². The number of carbonyl (C=O) groups is 1. The van der Waals surface area contributed by atoms with Gasteiger partial charge in [0, 0.05) is 11.8 Å². The SMILES string of the molecule is CCCCC/C=C/NC(=O)c1ccc(OC)cc1. The molecule has 1 aromatic carbocycles. The fourth-order valence-corrected chi connectivity index (χ4v) is 1.56. The van der Waals surface area contributed by atoms with Crippen LogP contribution in [-0.4, -0.2) is 13.0 Å². The highest BCUT2D eigenvalue weighted by atomic mass is 16.5. The van der Waals surface area contributed by atoms with Crippen LogP contribution in [0.3, 0.4) is 0 Å². The summed E-state index contributed by atoms with van der Waals surface area (Å²) in [6.45, 7) is 2.18. The van der Waals surface area contributed by atoms with Gasteiger partial charge in [-0.2, -0.15) is 0 Å². The van der Waals surface area contributed by atoms with Crippen LogP contribution in [0.1, 0.15) is 43.0 Å². The van der Waals surface area contributed by atoms with Gasteiger partial charge in [-0.3, -0.25) is 4.79 Å². The Balaban J connectivity index is 2.35. The van der Waals surface area contributed by atoms with Crippen molar-refractivity contribution in [2.45, 2.75) is 32.6 Å². The van der Waals surface area contributed by atoms with Gasteiger partial charge in [-0.15, -0.1) is 0 Å². The number of hydrogen-bond donors (Lipinski definition) is 1. The molecule has 0 saturated heterocycles. The number of allylic oxidation sites excluding steroid dienone is 1. The first kappa shape index (κ1) is 14.3. The van der Waals surface area contributed by atoms with E-state index >= 15 is 0 Å². The summed E-state index contributed by atoms with van der Waals surface area (Å²) in [7, 11) is 1.61. The van der Waals surface area contributed by atoms with Gasteiger partial charge in [-0.25, -0.2) is 0 Å². The van der Waals surface area contributed by atoms with Gasteiger partial charge in [0.15, 0.2) is 0 Å². The van der Waals surface area contributed by atoms with Crippen LogP contribution in [-0.2, 0) is 0 Å². The second kappa shape index (κ2) is 8.34. The van der Waals surface area contributed by atoms with Gasteiger partial charge in [-0.05, 0) is 37.1 Å². The number of methoxy groups -OCH3 is 1. The predicted octanol–water partition coefficient (Wildman–Crippen LogP) is 3.52. The summed E-state index contributed by atoms with van der Waals surface area (Å²) in [6, 6.07) is 7.05. The second-order valence-electron chi connectivity index (χ2n) is 4.10. The summed E-state index contributed by atoms with van der Waals surface area (Å²) >= 11 is 0. The largest absolute Gasteiger partial charge is 0.497 e. The normalized spacial score (nSPS) is 10.6. The first-order valence-electron chi connectivity index (χ1n) is 6.38. The zero-order valence-electron chi connectivity index (χ0n) is 11.1. The number of ether oxygens (including phenoxy) is 1. The number of benzene rings is 1. The minimum atomic E-state index is -0.0932. The van der Waals surface area contributed by atoms with Crippen molar-refractivity contribution in [1.29, 1.82) is 0 Å². The van der Waals surface area contributed by atoms with Gasteiger partial charge in [0.2, 0.25) is 0 Å². The lowest BCUT2D eigenvalue weighted by molar-refractivity contribution is 0.0970. The summed E-state index contributed by atoms with van der Waals surface area (Å²) in [4.78, 5) is 11.7. The Kier molecular flexibility index (Phi) is 6.62. The Morgan fingerprint density at radius 3 is 2.61 bits per heavy atom. The van der Waals surface area contributed by atoms with Crippen LogP contribution in [0.4, 0.5) is 0 Å². The second-order valence-corrected chi connectivity index (χ2v) is 4.10. The fraction of sp³-hybridized carbons (Fsp3) is 0.400. The monoisotopic (exact) mass is 247 g/mol. The molecular formula is C15H21NO2. The third-order valence-corrected chi connectivity index (χ3v) is 2.66. The van der Waals surface area contributed by atoms with Crippen LogP contribution in [0.15, 0.2) is 36.5 Å². The molecule has 0 aromatic heterocycles. The highest BCUT2D eigenvalue weighted by Crippen LogP contribution is 2.11. The molecule has 18 heavy (non-hydrogen) atoms. The van der Waals surface area contributed by atoms with Crippen LogP contribution in [0.5, 0.6) is 5.75 Å². The van der Waals surface area contributed by atoms with Gasteiger partial charge >= 0.3 is 0 Å². The van der Waals surface area contributed by atoms with Crippen LogP contribution in [0.2, 0.25) is 0 Å². The van der Waals surface area contributed by atoms with Crippen molar-refractivity contribution in [3.05, 3.63) is 42.1 Å². The van der Waals surface area contributed by atoms with Gasteiger partial charge in [0.05, 0.1) is 7.11 Å². The molecule has 0 bridgehead atoms. The van der Waals surface area contributed by atoms with Crippen molar-refractivity contribution in [3.63, 3.8) is 0 Å². The molecule has 3 heteroatoms. The average Bonchev–Trinajstić information content (AvgIpc) is 2.42. The van der Waals surface area contributed by atoms with Crippen molar-refractivity contribution >= 4 is 5.91 Å². The summed E-state index contributed by atoms with van der Waals surface area (Å²) in [6.07, 6.45) is 8.35. The minimum absolute atomic E-state index is 0.0932. The highest BCUT2D eigenvalue weighted by molar-refractivity contribution is 5.94. The first-order valence-corrected chi connectivity index (χ1v) is 6.38. The topological polar surface area (TPSA) is 38.3 Å². The lowest BCUT2D eigenvalue weighted by atomic mass is 10.2. The van der Waals surface area contributed by atoms with Crippen molar-refractivity contribution in [3.8, 4) is 5.75 Å². The van der Waals surface area contributed by atoms with Crippen molar-refractivity contribution in [2.75, 3.05) is 7.11 Å². The van der Waals surface area contributed by atoms with Gasteiger partial charge in [0.1, 0.15) is 5.75 Å². The van der Waals surface area contributed by atoms with Gasteiger partial charge in [-0.1, -0.05) is 25.8 Å². The molecule has 0 radical (unpaired) electrons. The Bertz CT molecular complexity index is 382. The maximum absolute atomic E-state index is 11.7. The molecule has 1 rings (SSSR count). The van der Waals surface area contributed by atoms with E-state index < -0.39 is 0 Å². The average molecular weight is 247 g/mol. The molecule has 0 atom stereocenters. The molecule has 0 saturated carbocycles. The lowest BCUT2D eigenvalue weighted by Gasteiger charge is -2.02. The molecule has 0 aliphatic heterocycles. The van der Waals surface area contributed by atoms with E-state index in [0.29, 0.717) is 5.56 Å². The molecule has 1 N–H and O–H groups in total. The van der Waals surface area contributed by atoms with Crippen molar-refractivity contribution in [1.82, 2.24) is 5.32 Å². The van der Waals surface area contributed by atoms with E-state index in [-0.39, 0.29) is 5.91 Å². The number of rotatable bonds is 7. The van der Waals surface area contributed by atoms with E-state index in [1.807, 2.05) is 6.08 Å². The van der Waals surface area contributed by atoms with Gasteiger partial charge < -0.3 is 10.1 Å². The number of amides is 1. The highest BCUT2D eigenvalue weighted by Gasteiger charge is 2.02. The van der Waals surface area contributed by atoms with E-state index in [4.69, 9.17) is 4.74 Å². The molecule has 0 unspecified atom stereocenters. The number of nitrogens with one attached hydrogen (secondary N) is 1. The molecule has 3 nitrogen and oxygen atoms in total. The molecule has 98 valence electrons. The molecule has 0 fully saturated rings. The molecule has 0 heterocycles. The summed E-state index contributed by atoms with van der Waals surface area (Å²) in [5.74, 6) is 0.658. The zero-order valence-corrected chi connectivity index (χ0v) is 11.1. The Morgan fingerprint density at radius 2 is 2.00 bits per heavy atom.